The van der Waals surface area contributed by atoms with E-state index in [0.717, 1.165) is 31.2 Å². The quantitative estimate of drug-likeness (QED) is 0.183. The molecule has 0 unspecified atom stereocenters. The van der Waals surface area contributed by atoms with Gasteiger partial charge in [0.15, 0.2) is 0 Å². The van der Waals surface area contributed by atoms with E-state index in [1.54, 1.807) is 6.92 Å². The summed E-state index contributed by atoms with van der Waals surface area (Å²) < 4.78 is 23.8. The lowest BCUT2D eigenvalue weighted by Crippen LogP contribution is -2.47. The average Bonchev–Trinajstić information content (AvgIpc) is 2.67. The highest BCUT2D eigenvalue weighted by atomic mass is 28.4. The third kappa shape index (κ3) is 9.86. The third-order valence-electron chi connectivity index (χ3n) is 3.93. The first-order chi connectivity index (χ1) is 13.0. The summed E-state index contributed by atoms with van der Waals surface area (Å²) in [7, 11) is -2.96. The predicted molar refractivity (Wildman–Crippen MR) is 109 cm³/mol. The fraction of sp³-hybridized carbons (Fsp3) is 0.571. The molecule has 1 aromatic carbocycles. The SMILES string of the molecule is C=C(C)C(=O)OCC[Si](OCCCC)(OCCCC)OCc1ccccc1. The van der Waals surface area contributed by atoms with Gasteiger partial charge in [0.25, 0.3) is 0 Å². The first kappa shape index (κ1) is 23.6. The van der Waals surface area contributed by atoms with Gasteiger partial charge in [0, 0.05) is 18.8 Å². The molecule has 27 heavy (non-hydrogen) atoms. The molecule has 0 atom stereocenters. The van der Waals surface area contributed by atoms with Crippen LogP contribution in [0.25, 0.3) is 0 Å². The lowest BCUT2D eigenvalue weighted by Gasteiger charge is -2.30. The molecule has 0 aromatic heterocycles. The van der Waals surface area contributed by atoms with Gasteiger partial charge in [-0.15, -0.1) is 0 Å². The van der Waals surface area contributed by atoms with Crippen LogP contribution < -0.4 is 0 Å². The first-order valence-electron chi connectivity index (χ1n) is 9.81. The molecule has 1 rings (SSSR count). The number of hydrogen-bond donors (Lipinski definition) is 0. The molecule has 0 bridgehead atoms. The van der Waals surface area contributed by atoms with E-state index in [9.17, 15) is 4.79 Å². The second-order valence-corrected chi connectivity index (χ2v) is 9.26. The minimum atomic E-state index is -2.96. The van der Waals surface area contributed by atoms with Gasteiger partial charge < -0.3 is 18.0 Å². The van der Waals surface area contributed by atoms with Crippen LogP contribution in [0.3, 0.4) is 0 Å². The summed E-state index contributed by atoms with van der Waals surface area (Å²) in [6.07, 6.45) is 3.93. The second-order valence-electron chi connectivity index (χ2n) is 6.53. The number of unbranched alkanes of at least 4 members (excludes halogenated alkanes) is 2. The Labute approximate surface area is 165 Å². The zero-order valence-corrected chi connectivity index (χ0v) is 18.0. The van der Waals surface area contributed by atoms with E-state index in [-0.39, 0.29) is 6.61 Å². The molecule has 0 radical (unpaired) electrons. The van der Waals surface area contributed by atoms with Crippen molar-refractivity contribution >= 4 is 14.8 Å². The maximum atomic E-state index is 11.7. The van der Waals surface area contributed by atoms with Gasteiger partial charge in [-0.25, -0.2) is 4.79 Å². The van der Waals surface area contributed by atoms with E-state index in [1.165, 1.54) is 0 Å². The topological polar surface area (TPSA) is 54.0 Å². The Morgan fingerprint density at radius 2 is 1.56 bits per heavy atom. The number of esters is 1. The Morgan fingerprint density at radius 3 is 2.07 bits per heavy atom. The van der Waals surface area contributed by atoms with Crippen molar-refractivity contribution < 1.29 is 22.8 Å². The highest BCUT2D eigenvalue weighted by molar-refractivity contribution is 6.60. The zero-order chi connectivity index (χ0) is 20.0. The summed E-state index contributed by atoms with van der Waals surface area (Å²) in [5, 5.41) is 0. The van der Waals surface area contributed by atoms with E-state index in [2.05, 4.69) is 20.4 Å². The molecule has 0 saturated heterocycles. The van der Waals surface area contributed by atoms with Crippen LogP contribution >= 0.6 is 0 Å². The predicted octanol–water partition coefficient (Wildman–Crippen LogP) is 4.89. The molecule has 0 heterocycles. The van der Waals surface area contributed by atoms with Gasteiger partial charge in [-0.3, -0.25) is 0 Å². The zero-order valence-electron chi connectivity index (χ0n) is 17.0. The largest absolute Gasteiger partial charge is 0.504 e. The van der Waals surface area contributed by atoms with Gasteiger partial charge in [-0.05, 0) is 25.3 Å². The molecule has 0 spiro atoms. The maximum absolute atomic E-state index is 11.7. The van der Waals surface area contributed by atoms with Crippen molar-refractivity contribution in [3.05, 3.63) is 48.0 Å². The van der Waals surface area contributed by atoms with E-state index in [4.69, 9.17) is 18.0 Å². The summed E-state index contributed by atoms with van der Waals surface area (Å²) in [6, 6.07) is 10.4. The van der Waals surface area contributed by atoms with Crippen molar-refractivity contribution in [3.8, 4) is 0 Å². The first-order valence-corrected chi connectivity index (χ1v) is 11.7. The Kier molecular flexibility index (Phi) is 11.9. The van der Waals surface area contributed by atoms with Gasteiger partial charge in [-0.1, -0.05) is 63.6 Å². The van der Waals surface area contributed by atoms with Crippen molar-refractivity contribution in [1.29, 1.82) is 0 Å². The molecule has 0 saturated carbocycles. The van der Waals surface area contributed by atoms with Crippen LogP contribution in [0.4, 0.5) is 0 Å². The summed E-state index contributed by atoms with van der Waals surface area (Å²) in [4.78, 5) is 11.7. The average molecular weight is 395 g/mol. The molecule has 0 aliphatic heterocycles. The van der Waals surface area contributed by atoms with Crippen LogP contribution in [0.15, 0.2) is 42.5 Å². The van der Waals surface area contributed by atoms with E-state index in [1.807, 2.05) is 30.3 Å². The van der Waals surface area contributed by atoms with Crippen molar-refractivity contribution in [2.75, 3.05) is 19.8 Å². The number of hydrogen-bond acceptors (Lipinski definition) is 5. The highest BCUT2D eigenvalue weighted by Crippen LogP contribution is 2.20. The van der Waals surface area contributed by atoms with Crippen molar-refractivity contribution in [3.63, 3.8) is 0 Å². The summed E-state index contributed by atoms with van der Waals surface area (Å²) in [5.74, 6) is -0.400. The molecule has 152 valence electrons. The van der Waals surface area contributed by atoms with Crippen LogP contribution in [-0.2, 0) is 29.4 Å². The molecule has 1 aromatic rings. The van der Waals surface area contributed by atoms with Gasteiger partial charge in [0.2, 0.25) is 0 Å². The Bertz CT molecular complexity index is 537. The molecule has 0 N–H and O–H groups in total. The van der Waals surface area contributed by atoms with E-state index >= 15 is 0 Å². The molecular weight excluding hydrogens is 360 g/mol. The van der Waals surface area contributed by atoms with Crippen LogP contribution in [0.1, 0.15) is 52.0 Å². The lowest BCUT2D eigenvalue weighted by molar-refractivity contribution is -0.138. The Morgan fingerprint density at radius 1 is 0.963 bits per heavy atom. The Balaban J connectivity index is 2.80. The van der Waals surface area contributed by atoms with Gasteiger partial charge in [-0.2, -0.15) is 0 Å². The maximum Gasteiger partial charge on any atom is 0.504 e. The number of benzene rings is 1. The van der Waals surface area contributed by atoms with E-state index < -0.39 is 14.8 Å². The van der Waals surface area contributed by atoms with E-state index in [0.29, 0.717) is 31.4 Å². The summed E-state index contributed by atoms with van der Waals surface area (Å²) in [6.45, 7) is 11.3. The fourth-order valence-corrected chi connectivity index (χ4v) is 4.58. The summed E-state index contributed by atoms with van der Waals surface area (Å²) >= 11 is 0. The minimum absolute atomic E-state index is 0.199. The third-order valence-corrected chi connectivity index (χ3v) is 6.62. The van der Waals surface area contributed by atoms with Crippen LogP contribution in [0.2, 0.25) is 6.04 Å². The van der Waals surface area contributed by atoms with Crippen LogP contribution in [0, 0.1) is 0 Å². The molecule has 0 amide bonds. The molecular formula is C21H34O5Si. The van der Waals surface area contributed by atoms with Crippen molar-refractivity contribution in [2.45, 2.75) is 59.1 Å². The normalized spacial score (nSPS) is 11.4. The summed E-state index contributed by atoms with van der Waals surface area (Å²) in [5.41, 5.74) is 1.44. The molecule has 5 nitrogen and oxygen atoms in total. The van der Waals surface area contributed by atoms with Crippen molar-refractivity contribution in [2.24, 2.45) is 0 Å². The molecule has 0 aliphatic carbocycles. The van der Waals surface area contributed by atoms with Crippen molar-refractivity contribution in [1.82, 2.24) is 0 Å². The number of carbonyl (C=O) groups is 1. The monoisotopic (exact) mass is 394 g/mol. The standard InChI is InChI=1S/C21H34O5Si/c1-5-7-14-24-27(25-15-8-6-2,17-16-23-21(22)19(3)4)26-18-20-12-10-9-11-13-20/h9-13H,3,5-8,14-18H2,1-2,4H3. The lowest BCUT2D eigenvalue weighted by atomic mass is 10.2. The smallest absolute Gasteiger partial charge is 0.462 e. The Hall–Kier alpha value is -1.47. The van der Waals surface area contributed by atoms with Crippen LogP contribution in [0.5, 0.6) is 0 Å². The van der Waals surface area contributed by atoms with Gasteiger partial charge in [0.05, 0.1) is 19.3 Å². The molecule has 0 fully saturated rings. The second kappa shape index (κ2) is 13.7. The van der Waals surface area contributed by atoms with Gasteiger partial charge >= 0.3 is 14.8 Å². The molecule has 6 heteroatoms. The highest BCUT2D eigenvalue weighted by Gasteiger charge is 2.41. The fourth-order valence-electron chi connectivity index (χ4n) is 2.24. The van der Waals surface area contributed by atoms with Crippen LogP contribution in [-0.4, -0.2) is 34.6 Å². The number of carbonyl (C=O) groups excluding carboxylic acids is 1. The molecule has 0 aliphatic rings. The number of ether oxygens (including phenoxy) is 1. The van der Waals surface area contributed by atoms with Gasteiger partial charge in [0.1, 0.15) is 0 Å². The number of rotatable bonds is 15. The minimum Gasteiger partial charge on any atom is -0.462 e.